The lowest BCUT2D eigenvalue weighted by atomic mass is 10.0. The number of carbonyl (C=O) groups is 3. The first kappa shape index (κ1) is 63.8. The summed E-state index contributed by atoms with van der Waals surface area (Å²) in [5.41, 5.74) is 0. The van der Waals surface area contributed by atoms with Crippen molar-refractivity contribution in [1.29, 1.82) is 0 Å². The summed E-state index contributed by atoms with van der Waals surface area (Å²) in [5.74, 6) is -0.971. The molecule has 0 unspecified atom stereocenters. The maximum Gasteiger partial charge on any atom is 0.306 e. The predicted molar refractivity (Wildman–Crippen MR) is 288 cm³/mol. The summed E-state index contributed by atoms with van der Waals surface area (Å²) in [4.78, 5) is 38.1. The van der Waals surface area contributed by atoms with Crippen LogP contribution in [0.2, 0.25) is 0 Å². The van der Waals surface area contributed by atoms with Crippen LogP contribution in [0.25, 0.3) is 0 Å². The van der Waals surface area contributed by atoms with Crippen molar-refractivity contribution in [3.05, 3.63) is 72.9 Å². The van der Waals surface area contributed by atoms with Gasteiger partial charge in [0.2, 0.25) is 0 Å². The van der Waals surface area contributed by atoms with Crippen molar-refractivity contribution in [2.24, 2.45) is 0 Å². The van der Waals surface area contributed by atoms with Crippen molar-refractivity contribution in [2.45, 2.75) is 284 Å². The Morgan fingerprint density at radius 2 is 0.582 bits per heavy atom. The minimum Gasteiger partial charge on any atom is -0.462 e. The number of hydrogen-bond donors (Lipinski definition) is 0. The fraction of sp³-hybridized carbons (Fsp3) is 0.754. The van der Waals surface area contributed by atoms with Crippen LogP contribution in [-0.2, 0) is 28.6 Å². The quantitative estimate of drug-likeness (QED) is 0.0262. The third-order valence-electron chi connectivity index (χ3n) is 12.2. The molecule has 0 radical (unpaired) electrons. The average molecular weight is 936 g/mol. The smallest absolute Gasteiger partial charge is 0.306 e. The first-order valence-electron chi connectivity index (χ1n) is 28.4. The fourth-order valence-electron chi connectivity index (χ4n) is 8.00. The molecule has 0 saturated heterocycles. The molecular weight excluding hydrogens is 829 g/mol. The topological polar surface area (TPSA) is 78.9 Å². The molecule has 0 N–H and O–H groups in total. The molecule has 6 heteroatoms. The van der Waals surface area contributed by atoms with E-state index in [0.717, 1.165) is 77.0 Å². The molecule has 6 nitrogen and oxygen atoms in total. The zero-order chi connectivity index (χ0) is 48.6. The first-order chi connectivity index (χ1) is 33.0. The molecule has 0 aromatic heterocycles. The Labute approximate surface area is 414 Å². The summed E-state index contributed by atoms with van der Waals surface area (Å²) in [6, 6.07) is 0. The maximum atomic E-state index is 12.8. The van der Waals surface area contributed by atoms with Gasteiger partial charge in [-0.05, 0) is 57.8 Å². The highest BCUT2D eigenvalue weighted by Crippen LogP contribution is 2.16. The lowest BCUT2D eigenvalue weighted by Crippen LogP contribution is -2.30. The van der Waals surface area contributed by atoms with Crippen LogP contribution in [0.5, 0.6) is 0 Å². The zero-order valence-corrected chi connectivity index (χ0v) is 44.2. The van der Waals surface area contributed by atoms with E-state index < -0.39 is 6.10 Å². The molecule has 0 spiro atoms. The number of unbranched alkanes of at least 4 members (excludes halogenated alkanes) is 28. The molecular formula is C61H106O6. The SMILES string of the molecule is CC/C=C/C/C=C/C/C=C/C/C=C/C/C=C/C/C=C/CCC(=O)OC[C@@H](COC(=O)CCCCCCCCCCCCCCCC)OC(=O)CCCCCCCCCCCCCCCCCC. The monoisotopic (exact) mass is 935 g/mol. The fourth-order valence-corrected chi connectivity index (χ4v) is 8.00. The van der Waals surface area contributed by atoms with Gasteiger partial charge in [0.25, 0.3) is 0 Å². The zero-order valence-electron chi connectivity index (χ0n) is 44.2. The van der Waals surface area contributed by atoms with Gasteiger partial charge >= 0.3 is 17.9 Å². The largest absolute Gasteiger partial charge is 0.462 e. The highest BCUT2D eigenvalue weighted by atomic mass is 16.6. The Hall–Kier alpha value is -3.15. The van der Waals surface area contributed by atoms with E-state index in [-0.39, 0.29) is 37.5 Å². The van der Waals surface area contributed by atoms with Crippen LogP contribution in [0.3, 0.4) is 0 Å². The standard InChI is InChI=1S/C61H106O6/c1-4-7-10-13-16-19-22-25-28-30-31-32-34-36-39-42-45-48-51-54-60(63)66-57-58(56-65-59(62)53-50-47-44-41-38-35-27-24-21-18-15-12-9-6-3)67-61(64)55-52-49-46-43-40-37-33-29-26-23-20-17-14-11-8-5-2/h7,10,16,19,25,28,31-32,36,39,45,48,58H,4-6,8-9,11-15,17-18,20-24,26-27,29-30,33-35,37-38,40-44,46-47,49-57H2,1-3H3/b10-7+,19-16+,28-25+,32-31+,39-36+,48-45+/t58-/m1/s1. The minimum atomic E-state index is -0.802. The van der Waals surface area contributed by atoms with Gasteiger partial charge in [0.1, 0.15) is 13.2 Å². The van der Waals surface area contributed by atoms with Gasteiger partial charge in [-0.1, -0.05) is 273 Å². The van der Waals surface area contributed by atoms with Crippen molar-refractivity contribution in [2.75, 3.05) is 13.2 Å². The summed E-state index contributed by atoms with van der Waals surface area (Å²) in [6.07, 6.45) is 70.4. The van der Waals surface area contributed by atoms with Gasteiger partial charge in [0.05, 0.1) is 0 Å². The molecule has 0 amide bonds. The highest BCUT2D eigenvalue weighted by Gasteiger charge is 2.19. The van der Waals surface area contributed by atoms with E-state index >= 15 is 0 Å². The molecule has 0 aliphatic rings. The van der Waals surface area contributed by atoms with Gasteiger partial charge in [-0.3, -0.25) is 14.4 Å². The Morgan fingerprint density at radius 3 is 0.910 bits per heavy atom. The van der Waals surface area contributed by atoms with Crippen LogP contribution in [0.4, 0.5) is 0 Å². The number of carbonyl (C=O) groups excluding carboxylic acids is 3. The molecule has 1 atom stereocenters. The predicted octanol–water partition coefficient (Wildman–Crippen LogP) is 19.0. The van der Waals surface area contributed by atoms with Gasteiger partial charge in [-0.15, -0.1) is 0 Å². The van der Waals surface area contributed by atoms with E-state index in [1.807, 2.05) is 6.08 Å². The van der Waals surface area contributed by atoms with Crippen molar-refractivity contribution >= 4 is 17.9 Å². The van der Waals surface area contributed by atoms with Crippen molar-refractivity contribution in [3.63, 3.8) is 0 Å². The third-order valence-corrected chi connectivity index (χ3v) is 12.2. The van der Waals surface area contributed by atoms with E-state index in [0.29, 0.717) is 19.3 Å². The molecule has 0 heterocycles. The first-order valence-corrected chi connectivity index (χ1v) is 28.4. The van der Waals surface area contributed by atoms with E-state index in [1.165, 1.54) is 154 Å². The van der Waals surface area contributed by atoms with Gasteiger partial charge in [-0.25, -0.2) is 0 Å². The van der Waals surface area contributed by atoms with Crippen LogP contribution in [0, 0.1) is 0 Å². The number of esters is 3. The number of hydrogen-bond acceptors (Lipinski definition) is 6. The lowest BCUT2D eigenvalue weighted by Gasteiger charge is -2.18. The molecule has 67 heavy (non-hydrogen) atoms. The molecule has 0 aromatic rings. The minimum absolute atomic E-state index is 0.0947. The van der Waals surface area contributed by atoms with Gasteiger partial charge in [-0.2, -0.15) is 0 Å². The number of ether oxygens (including phenoxy) is 3. The van der Waals surface area contributed by atoms with Crippen LogP contribution in [0.1, 0.15) is 278 Å². The van der Waals surface area contributed by atoms with Crippen molar-refractivity contribution in [3.8, 4) is 0 Å². The van der Waals surface area contributed by atoms with E-state index in [2.05, 4.69) is 87.6 Å². The molecule has 0 fully saturated rings. The molecule has 386 valence electrons. The Morgan fingerprint density at radius 1 is 0.313 bits per heavy atom. The van der Waals surface area contributed by atoms with E-state index in [9.17, 15) is 14.4 Å². The van der Waals surface area contributed by atoms with Crippen LogP contribution >= 0.6 is 0 Å². The summed E-state index contributed by atoms with van der Waals surface area (Å²) < 4.78 is 16.8. The maximum absolute atomic E-state index is 12.8. The van der Waals surface area contributed by atoms with Crippen molar-refractivity contribution < 1.29 is 28.6 Å². The summed E-state index contributed by atoms with van der Waals surface area (Å²) >= 11 is 0. The summed E-state index contributed by atoms with van der Waals surface area (Å²) in [5, 5.41) is 0. The molecule has 0 bridgehead atoms. The highest BCUT2D eigenvalue weighted by molar-refractivity contribution is 5.71. The lowest BCUT2D eigenvalue weighted by molar-refractivity contribution is -0.166. The second-order valence-electron chi connectivity index (χ2n) is 18.8. The molecule has 0 aromatic carbocycles. The van der Waals surface area contributed by atoms with Gasteiger partial charge in [0.15, 0.2) is 6.10 Å². The molecule has 0 rings (SSSR count). The molecule has 0 aliphatic carbocycles. The number of allylic oxidation sites excluding steroid dienone is 12. The van der Waals surface area contributed by atoms with Crippen LogP contribution in [0.15, 0.2) is 72.9 Å². The van der Waals surface area contributed by atoms with E-state index in [4.69, 9.17) is 14.2 Å². The van der Waals surface area contributed by atoms with Crippen LogP contribution < -0.4 is 0 Å². The molecule has 0 aliphatic heterocycles. The Balaban J connectivity index is 4.46. The Bertz CT molecular complexity index is 1260. The molecule has 0 saturated carbocycles. The van der Waals surface area contributed by atoms with Gasteiger partial charge < -0.3 is 14.2 Å². The van der Waals surface area contributed by atoms with Crippen molar-refractivity contribution in [1.82, 2.24) is 0 Å². The summed E-state index contributed by atoms with van der Waals surface area (Å²) in [6.45, 7) is 6.49. The van der Waals surface area contributed by atoms with E-state index in [1.54, 1.807) is 0 Å². The second-order valence-corrected chi connectivity index (χ2v) is 18.8. The third kappa shape index (κ3) is 53.7. The summed E-state index contributed by atoms with van der Waals surface area (Å²) in [7, 11) is 0. The second kappa shape index (κ2) is 55.4. The van der Waals surface area contributed by atoms with Gasteiger partial charge in [0, 0.05) is 19.3 Å². The normalized spacial score (nSPS) is 12.6. The Kier molecular flexibility index (Phi) is 52.8. The average Bonchev–Trinajstić information content (AvgIpc) is 3.33. The number of rotatable bonds is 51. The van der Waals surface area contributed by atoms with Crippen LogP contribution in [-0.4, -0.2) is 37.2 Å².